The Morgan fingerprint density at radius 2 is 2.20 bits per heavy atom. The zero-order valence-electron chi connectivity index (χ0n) is 8.43. The Morgan fingerprint density at radius 1 is 1.53 bits per heavy atom. The minimum atomic E-state index is -0.214. The lowest BCUT2D eigenvalue weighted by Crippen LogP contribution is -2.49. The predicted octanol–water partition coefficient (Wildman–Crippen LogP) is 2.96. The van der Waals surface area contributed by atoms with Crippen LogP contribution in [0.5, 0.6) is 0 Å². The molecule has 0 radical (unpaired) electrons. The van der Waals surface area contributed by atoms with Crippen LogP contribution in [0.4, 0.5) is 0 Å². The second-order valence-corrected chi connectivity index (χ2v) is 5.79. The van der Waals surface area contributed by atoms with Crippen molar-refractivity contribution in [2.24, 2.45) is 0 Å². The third-order valence-electron chi connectivity index (χ3n) is 1.95. The van der Waals surface area contributed by atoms with E-state index in [0.29, 0.717) is 6.42 Å². The van der Waals surface area contributed by atoms with Gasteiger partial charge in [-0.3, -0.25) is 4.79 Å². The lowest BCUT2D eigenvalue weighted by molar-refractivity contribution is -0.121. The number of rotatable bonds is 5. The van der Waals surface area contributed by atoms with Crippen molar-refractivity contribution in [3.63, 3.8) is 0 Å². The molecule has 0 aliphatic rings. The number of nitrogens with one attached hydrogen (secondary N) is 1. The number of hydrogen-bond donors (Lipinski definition) is 1. The predicted molar refractivity (Wildman–Crippen MR) is 72.2 cm³/mol. The average molecular weight is 355 g/mol. The largest absolute Gasteiger partial charge is 0.349 e. The molecule has 0 fully saturated rings. The quantitative estimate of drug-likeness (QED) is 0.809. The molecule has 0 saturated carbocycles. The third-order valence-corrected chi connectivity index (χ3v) is 5.30. The van der Waals surface area contributed by atoms with E-state index in [9.17, 15) is 4.79 Å². The summed E-state index contributed by atoms with van der Waals surface area (Å²) in [4.78, 5) is 12.8. The second kappa shape index (κ2) is 6.01. The highest BCUT2D eigenvalue weighted by molar-refractivity contribution is 9.09. The van der Waals surface area contributed by atoms with E-state index >= 15 is 0 Å². The number of thiophene rings is 1. The first kappa shape index (κ1) is 13.2. The summed E-state index contributed by atoms with van der Waals surface area (Å²) < 4.78 is 0. The van der Waals surface area contributed by atoms with E-state index in [-0.39, 0.29) is 11.4 Å². The normalized spacial score (nSPS) is 11.4. The summed E-state index contributed by atoms with van der Waals surface area (Å²) in [5, 5.41) is 6.46. The second-order valence-electron chi connectivity index (χ2n) is 3.63. The van der Waals surface area contributed by atoms with Crippen molar-refractivity contribution in [1.29, 1.82) is 0 Å². The molecule has 1 N–H and O–H groups in total. The van der Waals surface area contributed by atoms with Crippen LogP contribution >= 0.6 is 43.2 Å². The van der Waals surface area contributed by atoms with Crippen molar-refractivity contribution in [3.05, 3.63) is 22.4 Å². The molecule has 1 rings (SSSR count). The Kier molecular flexibility index (Phi) is 5.29. The van der Waals surface area contributed by atoms with Crippen LogP contribution in [0.25, 0.3) is 0 Å². The van der Waals surface area contributed by atoms with Crippen molar-refractivity contribution >= 4 is 49.1 Å². The Bertz CT molecular complexity index is 309. The zero-order valence-corrected chi connectivity index (χ0v) is 12.4. The molecule has 2 nitrogen and oxygen atoms in total. The van der Waals surface area contributed by atoms with Gasteiger partial charge in [-0.1, -0.05) is 37.9 Å². The topological polar surface area (TPSA) is 29.1 Å². The number of hydrogen-bond acceptors (Lipinski definition) is 2. The van der Waals surface area contributed by atoms with Gasteiger partial charge >= 0.3 is 0 Å². The Hall–Kier alpha value is 0.130. The summed E-state index contributed by atoms with van der Waals surface area (Å²) in [6.07, 6.45) is 0.466. The fraction of sp³-hybridized carbons (Fsp3) is 0.500. The summed E-state index contributed by atoms with van der Waals surface area (Å²) in [5.41, 5.74) is -0.214. The van der Waals surface area contributed by atoms with Gasteiger partial charge in [-0.2, -0.15) is 0 Å². The number of amides is 1. The smallest absolute Gasteiger partial charge is 0.225 e. The molecule has 1 aromatic rings. The Morgan fingerprint density at radius 3 is 2.67 bits per heavy atom. The van der Waals surface area contributed by atoms with Crippen LogP contribution in [-0.4, -0.2) is 22.1 Å². The zero-order chi connectivity index (χ0) is 11.3. The SMILES string of the molecule is CC(CBr)(CBr)NC(=O)Cc1cccs1. The van der Waals surface area contributed by atoms with Crippen LogP contribution in [0.1, 0.15) is 11.8 Å². The Balaban J connectivity index is 2.49. The highest BCUT2D eigenvalue weighted by Gasteiger charge is 2.23. The lowest BCUT2D eigenvalue weighted by Gasteiger charge is -2.26. The molecule has 1 aromatic heterocycles. The van der Waals surface area contributed by atoms with Gasteiger partial charge in [0, 0.05) is 15.5 Å². The maximum absolute atomic E-state index is 11.7. The number of halogens is 2. The van der Waals surface area contributed by atoms with Crippen molar-refractivity contribution < 1.29 is 4.79 Å². The lowest BCUT2D eigenvalue weighted by atomic mass is 10.1. The van der Waals surface area contributed by atoms with Crippen LogP contribution in [-0.2, 0) is 11.2 Å². The first-order valence-corrected chi connectivity index (χ1v) is 7.67. The molecule has 0 atom stereocenters. The van der Waals surface area contributed by atoms with E-state index in [1.54, 1.807) is 11.3 Å². The Labute approximate surface area is 111 Å². The van der Waals surface area contributed by atoms with Gasteiger partial charge < -0.3 is 5.32 Å². The molecule has 15 heavy (non-hydrogen) atoms. The van der Waals surface area contributed by atoms with Gasteiger partial charge in [-0.05, 0) is 18.4 Å². The van der Waals surface area contributed by atoms with Gasteiger partial charge in [-0.15, -0.1) is 11.3 Å². The molecule has 1 amide bonds. The van der Waals surface area contributed by atoms with E-state index in [1.165, 1.54) is 0 Å². The summed E-state index contributed by atoms with van der Waals surface area (Å²) in [7, 11) is 0. The van der Waals surface area contributed by atoms with Crippen molar-refractivity contribution in [2.75, 3.05) is 10.7 Å². The van der Waals surface area contributed by atoms with E-state index in [1.807, 2.05) is 24.4 Å². The molecular formula is C10H13Br2NOS. The van der Waals surface area contributed by atoms with Crippen molar-refractivity contribution in [2.45, 2.75) is 18.9 Å². The molecule has 0 bridgehead atoms. The van der Waals surface area contributed by atoms with Gasteiger partial charge in [0.15, 0.2) is 0 Å². The fourth-order valence-corrected chi connectivity index (χ4v) is 2.97. The summed E-state index contributed by atoms with van der Waals surface area (Å²) >= 11 is 8.40. The summed E-state index contributed by atoms with van der Waals surface area (Å²) in [6, 6.07) is 3.94. The van der Waals surface area contributed by atoms with Crippen LogP contribution in [0.3, 0.4) is 0 Å². The number of carbonyl (C=O) groups excluding carboxylic acids is 1. The standard InChI is InChI=1S/C10H13Br2NOS/c1-10(6-11,7-12)13-9(14)5-8-3-2-4-15-8/h2-4H,5-7H2,1H3,(H,13,14). The van der Waals surface area contributed by atoms with E-state index in [2.05, 4.69) is 37.2 Å². The molecule has 0 aliphatic heterocycles. The molecule has 0 aliphatic carbocycles. The van der Waals surface area contributed by atoms with Gasteiger partial charge in [0.2, 0.25) is 5.91 Å². The summed E-state index contributed by atoms with van der Waals surface area (Å²) in [6.45, 7) is 2.00. The minimum absolute atomic E-state index is 0.0684. The van der Waals surface area contributed by atoms with E-state index in [4.69, 9.17) is 0 Å². The molecule has 84 valence electrons. The maximum atomic E-state index is 11.7. The van der Waals surface area contributed by atoms with Crippen LogP contribution < -0.4 is 5.32 Å². The van der Waals surface area contributed by atoms with Crippen LogP contribution in [0.2, 0.25) is 0 Å². The third kappa shape index (κ3) is 4.25. The first-order valence-electron chi connectivity index (χ1n) is 4.55. The van der Waals surface area contributed by atoms with Crippen molar-refractivity contribution in [3.8, 4) is 0 Å². The molecule has 0 saturated heterocycles. The van der Waals surface area contributed by atoms with Crippen LogP contribution in [0.15, 0.2) is 17.5 Å². The molecular weight excluding hydrogens is 342 g/mol. The van der Waals surface area contributed by atoms with Gasteiger partial charge in [0.05, 0.1) is 12.0 Å². The average Bonchev–Trinajstić information content (AvgIpc) is 2.70. The minimum Gasteiger partial charge on any atom is -0.349 e. The van der Waals surface area contributed by atoms with E-state index in [0.717, 1.165) is 15.5 Å². The molecule has 0 unspecified atom stereocenters. The van der Waals surface area contributed by atoms with Gasteiger partial charge in [-0.25, -0.2) is 0 Å². The molecule has 0 aromatic carbocycles. The summed E-state index contributed by atoms with van der Waals surface area (Å²) in [5.74, 6) is 0.0684. The number of carbonyl (C=O) groups is 1. The first-order chi connectivity index (χ1) is 7.09. The van der Waals surface area contributed by atoms with Gasteiger partial charge in [0.1, 0.15) is 0 Å². The highest BCUT2D eigenvalue weighted by Crippen LogP contribution is 2.13. The van der Waals surface area contributed by atoms with Crippen LogP contribution in [0, 0.1) is 0 Å². The highest BCUT2D eigenvalue weighted by atomic mass is 79.9. The number of alkyl halides is 2. The molecule has 5 heteroatoms. The fourth-order valence-electron chi connectivity index (χ4n) is 1.05. The monoisotopic (exact) mass is 353 g/mol. The van der Waals surface area contributed by atoms with Crippen molar-refractivity contribution in [1.82, 2.24) is 5.32 Å². The molecule has 0 spiro atoms. The molecule has 1 heterocycles. The van der Waals surface area contributed by atoms with E-state index < -0.39 is 0 Å². The van der Waals surface area contributed by atoms with Gasteiger partial charge in [0.25, 0.3) is 0 Å². The maximum Gasteiger partial charge on any atom is 0.225 e.